The largest absolute Gasteiger partial charge is 0.506 e. The molecular formula is C14H16N2O2. The number of aromatic nitrogens is 2. The van der Waals surface area contributed by atoms with Crippen LogP contribution in [-0.2, 0) is 0 Å². The van der Waals surface area contributed by atoms with E-state index in [9.17, 15) is 9.90 Å². The summed E-state index contributed by atoms with van der Waals surface area (Å²) in [6.07, 6.45) is 5.78. The van der Waals surface area contributed by atoms with Crippen molar-refractivity contribution in [1.82, 2.24) is 9.97 Å². The molecule has 1 aliphatic carbocycles. The van der Waals surface area contributed by atoms with Crippen LogP contribution in [0.15, 0.2) is 23.0 Å². The van der Waals surface area contributed by atoms with Gasteiger partial charge in [-0.05, 0) is 25.0 Å². The maximum absolute atomic E-state index is 12.0. The Bertz CT molecular complexity index is 627. The fraction of sp³-hybridized carbons (Fsp3) is 0.429. The molecule has 0 spiro atoms. The first kappa shape index (κ1) is 11.3. The molecule has 1 aromatic carbocycles. The Labute approximate surface area is 105 Å². The molecule has 0 amide bonds. The highest BCUT2D eigenvalue weighted by atomic mass is 16.3. The molecule has 18 heavy (non-hydrogen) atoms. The number of benzene rings is 1. The van der Waals surface area contributed by atoms with Crippen molar-refractivity contribution in [3.8, 4) is 5.75 Å². The lowest BCUT2D eigenvalue weighted by atomic mass is 9.88. The van der Waals surface area contributed by atoms with E-state index in [4.69, 9.17) is 0 Å². The number of nitrogens with one attached hydrogen (secondary N) is 1. The molecule has 0 radical (unpaired) electrons. The van der Waals surface area contributed by atoms with Gasteiger partial charge in [0.05, 0.1) is 5.39 Å². The molecule has 1 aliphatic rings. The summed E-state index contributed by atoms with van der Waals surface area (Å²) in [7, 11) is 0. The van der Waals surface area contributed by atoms with Crippen molar-refractivity contribution in [2.45, 2.75) is 38.0 Å². The van der Waals surface area contributed by atoms with Crippen molar-refractivity contribution < 1.29 is 5.11 Å². The first-order chi connectivity index (χ1) is 8.75. The Balaban J connectivity index is 2.14. The number of phenolic OH excluding ortho intramolecular Hbond substituents is 1. The molecule has 1 aromatic heterocycles. The minimum Gasteiger partial charge on any atom is -0.506 e. The second-order valence-corrected chi connectivity index (χ2v) is 4.96. The zero-order chi connectivity index (χ0) is 12.5. The summed E-state index contributed by atoms with van der Waals surface area (Å²) >= 11 is 0. The van der Waals surface area contributed by atoms with Crippen LogP contribution in [0.3, 0.4) is 0 Å². The molecule has 0 aliphatic heterocycles. The van der Waals surface area contributed by atoms with Gasteiger partial charge in [0.25, 0.3) is 5.56 Å². The van der Waals surface area contributed by atoms with E-state index in [-0.39, 0.29) is 11.3 Å². The second-order valence-electron chi connectivity index (χ2n) is 4.96. The fourth-order valence-corrected chi connectivity index (χ4v) is 2.73. The van der Waals surface area contributed by atoms with E-state index in [1.165, 1.54) is 19.3 Å². The van der Waals surface area contributed by atoms with Crippen LogP contribution in [-0.4, -0.2) is 15.1 Å². The predicted molar refractivity (Wildman–Crippen MR) is 69.9 cm³/mol. The highest BCUT2D eigenvalue weighted by Crippen LogP contribution is 2.31. The van der Waals surface area contributed by atoms with Crippen LogP contribution in [0, 0.1) is 0 Å². The number of aromatic amines is 1. The first-order valence-corrected chi connectivity index (χ1v) is 6.47. The van der Waals surface area contributed by atoms with E-state index >= 15 is 0 Å². The molecular weight excluding hydrogens is 228 g/mol. The van der Waals surface area contributed by atoms with E-state index in [2.05, 4.69) is 9.97 Å². The van der Waals surface area contributed by atoms with Crippen LogP contribution in [0.1, 0.15) is 43.8 Å². The van der Waals surface area contributed by atoms with Gasteiger partial charge < -0.3 is 10.1 Å². The first-order valence-electron chi connectivity index (χ1n) is 6.47. The van der Waals surface area contributed by atoms with E-state index < -0.39 is 0 Å². The number of hydrogen-bond acceptors (Lipinski definition) is 3. The lowest BCUT2D eigenvalue weighted by Gasteiger charge is -2.20. The Hall–Kier alpha value is -1.84. The van der Waals surface area contributed by atoms with Gasteiger partial charge in [-0.25, -0.2) is 4.98 Å². The molecule has 2 aromatic rings. The number of para-hydroxylation sites is 1. The Kier molecular flexibility index (Phi) is 2.78. The molecule has 1 heterocycles. The van der Waals surface area contributed by atoms with Crippen molar-refractivity contribution >= 4 is 10.9 Å². The highest BCUT2D eigenvalue weighted by molar-refractivity contribution is 5.83. The van der Waals surface area contributed by atoms with Crippen LogP contribution in [0.25, 0.3) is 10.9 Å². The van der Waals surface area contributed by atoms with Gasteiger partial charge in [-0.15, -0.1) is 0 Å². The minimum absolute atomic E-state index is 0.0793. The smallest absolute Gasteiger partial charge is 0.258 e. The third-order valence-electron chi connectivity index (χ3n) is 3.73. The Morgan fingerprint density at radius 2 is 2.00 bits per heavy atom. The summed E-state index contributed by atoms with van der Waals surface area (Å²) in [6.45, 7) is 0. The zero-order valence-electron chi connectivity index (χ0n) is 10.1. The van der Waals surface area contributed by atoms with Gasteiger partial charge in [0.15, 0.2) is 0 Å². The normalized spacial score (nSPS) is 17.1. The van der Waals surface area contributed by atoms with Crippen LogP contribution in [0.5, 0.6) is 5.75 Å². The molecule has 1 saturated carbocycles. The van der Waals surface area contributed by atoms with Gasteiger partial charge in [0.1, 0.15) is 17.1 Å². The number of rotatable bonds is 1. The van der Waals surface area contributed by atoms with Gasteiger partial charge >= 0.3 is 0 Å². The molecule has 4 heteroatoms. The predicted octanol–water partition coefficient (Wildman–Crippen LogP) is 2.68. The maximum Gasteiger partial charge on any atom is 0.258 e. The monoisotopic (exact) mass is 244 g/mol. The third kappa shape index (κ3) is 1.88. The Morgan fingerprint density at radius 3 is 2.78 bits per heavy atom. The van der Waals surface area contributed by atoms with Crippen LogP contribution in [0.4, 0.5) is 0 Å². The van der Waals surface area contributed by atoms with Crippen molar-refractivity contribution in [3.05, 3.63) is 34.4 Å². The highest BCUT2D eigenvalue weighted by Gasteiger charge is 2.19. The van der Waals surface area contributed by atoms with Crippen molar-refractivity contribution in [2.75, 3.05) is 0 Å². The summed E-state index contributed by atoms with van der Waals surface area (Å²) in [6, 6.07) is 4.92. The second kappa shape index (κ2) is 4.44. The molecule has 3 rings (SSSR count). The van der Waals surface area contributed by atoms with Crippen molar-refractivity contribution in [3.63, 3.8) is 0 Å². The van der Waals surface area contributed by atoms with Crippen LogP contribution < -0.4 is 5.56 Å². The third-order valence-corrected chi connectivity index (χ3v) is 3.73. The molecule has 1 fully saturated rings. The van der Waals surface area contributed by atoms with Crippen LogP contribution >= 0.6 is 0 Å². The quantitative estimate of drug-likeness (QED) is 0.810. The van der Waals surface area contributed by atoms with Gasteiger partial charge in [0, 0.05) is 5.92 Å². The number of nitrogens with zero attached hydrogens (tertiary/aromatic N) is 1. The maximum atomic E-state index is 12.0. The molecule has 0 saturated heterocycles. The average Bonchev–Trinajstić information content (AvgIpc) is 2.41. The lowest BCUT2D eigenvalue weighted by Crippen LogP contribution is -2.16. The van der Waals surface area contributed by atoms with Crippen molar-refractivity contribution in [2.24, 2.45) is 0 Å². The lowest BCUT2D eigenvalue weighted by molar-refractivity contribution is 0.428. The van der Waals surface area contributed by atoms with Gasteiger partial charge in [-0.1, -0.05) is 25.3 Å². The van der Waals surface area contributed by atoms with E-state index in [0.29, 0.717) is 16.8 Å². The molecule has 0 bridgehead atoms. The van der Waals surface area contributed by atoms with Gasteiger partial charge in [-0.2, -0.15) is 0 Å². The minimum atomic E-state index is -0.156. The molecule has 4 nitrogen and oxygen atoms in total. The Morgan fingerprint density at radius 1 is 1.22 bits per heavy atom. The number of hydrogen-bond donors (Lipinski definition) is 2. The van der Waals surface area contributed by atoms with Gasteiger partial charge in [0.2, 0.25) is 0 Å². The standard InChI is InChI=1S/C14H16N2O2/c17-11-8-4-7-10-12(11)15-13(16-14(10)18)9-5-2-1-3-6-9/h4,7-9,17H,1-3,5-6H2,(H,15,16,18). The number of aromatic hydroxyl groups is 1. The SMILES string of the molecule is O=c1[nH]c(C2CCCCC2)nc2c(O)cccc12. The summed E-state index contributed by atoms with van der Waals surface area (Å²) < 4.78 is 0. The van der Waals surface area contributed by atoms with Crippen LogP contribution in [0.2, 0.25) is 0 Å². The summed E-state index contributed by atoms with van der Waals surface area (Å²) in [5.74, 6) is 1.14. The molecule has 0 atom stereocenters. The molecule has 2 N–H and O–H groups in total. The van der Waals surface area contributed by atoms with E-state index in [0.717, 1.165) is 18.7 Å². The average molecular weight is 244 g/mol. The summed E-state index contributed by atoms with van der Waals surface area (Å²) in [5.41, 5.74) is 0.262. The fourth-order valence-electron chi connectivity index (χ4n) is 2.73. The summed E-state index contributed by atoms with van der Waals surface area (Å²) in [4.78, 5) is 19.3. The molecule has 0 unspecified atom stereocenters. The van der Waals surface area contributed by atoms with Gasteiger partial charge in [-0.3, -0.25) is 4.79 Å². The number of H-pyrrole nitrogens is 1. The number of fused-ring (bicyclic) bond motifs is 1. The molecule has 94 valence electrons. The zero-order valence-corrected chi connectivity index (χ0v) is 10.1. The number of phenols is 1. The van der Waals surface area contributed by atoms with E-state index in [1.807, 2.05) is 0 Å². The van der Waals surface area contributed by atoms with Crippen molar-refractivity contribution in [1.29, 1.82) is 0 Å². The summed E-state index contributed by atoms with van der Waals surface area (Å²) in [5, 5.41) is 10.3. The topological polar surface area (TPSA) is 66.0 Å². The van der Waals surface area contributed by atoms with E-state index in [1.54, 1.807) is 18.2 Å².